The Bertz CT molecular complexity index is 1040. The fourth-order valence-electron chi connectivity index (χ4n) is 5.20. The first kappa shape index (κ1) is 20.5. The van der Waals surface area contributed by atoms with Gasteiger partial charge in [-0.25, -0.2) is 12.7 Å². The second kappa shape index (κ2) is 7.94. The molecule has 1 N–H and O–H groups in total. The number of sulfonamides is 1. The fourth-order valence-corrected chi connectivity index (χ4v) is 7.54. The average molecular weight is 445 g/mol. The van der Waals surface area contributed by atoms with E-state index in [0.717, 1.165) is 37.1 Å². The van der Waals surface area contributed by atoms with E-state index in [1.54, 1.807) is 4.31 Å². The van der Waals surface area contributed by atoms with Gasteiger partial charge in [-0.3, -0.25) is 0 Å². The van der Waals surface area contributed by atoms with E-state index >= 15 is 0 Å². The van der Waals surface area contributed by atoms with Gasteiger partial charge in [0.15, 0.2) is 0 Å². The summed E-state index contributed by atoms with van der Waals surface area (Å²) in [5.74, 6) is 0.712. The Hall–Kier alpha value is -1.40. The SMILES string of the molecule is CNC1Cc2ccc(C3CN(S(=O)(=O)C4CCC4)C3)cc2C1Cc1cccc(Cl)c1. The molecule has 2 fully saturated rings. The molecule has 2 atom stereocenters. The molecule has 0 amide bonds. The summed E-state index contributed by atoms with van der Waals surface area (Å²) in [5, 5.41) is 4.16. The molecule has 5 rings (SSSR count). The van der Waals surface area contributed by atoms with Crippen molar-refractivity contribution in [1.82, 2.24) is 9.62 Å². The molecular weight excluding hydrogens is 416 g/mol. The summed E-state index contributed by atoms with van der Waals surface area (Å²) in [7, 11) is -1.04. The Morgan fingerprint density at radius 2 is 1.93 bits per heavy atom. The van der Waals surface area contributed by atoms with Crippen LogP contribution in [-0.2, 0) is 22.9 Å². The van der Waals surface area contributed by atoms with Crippen molar-refractivity contribution >= 4 is 21.6 Å². The third kappa shape index (κ3) is 3.60. The molecule has 2 aromatic rings. The Morgan fingerprint density at radius 1 is 1.13 bits per heavy atom. The van der Waals surface area contributed by atoms with Crippen LogP contribution in [0.3, 0.4) is 0 Å². The van der Waals surface area contributed by atoms with Crippen LogP contribution < -0.4 is 5.32 Å². The highest BCUT2D eigenvalue weighted by Gasteiger charge is 2.43. The quantitative estimate of drug-likeness (QED) is 0.729. The van der Waals surface area contributed by atoms with Crippen molar-refractivity contribution < 1.29 is 8.42 Å². The molecule has 30 heavy (non-hydrogen) atoms. The number of nitrogens with zero attached hydrogens (tertiary/aromatic N) is 1. The molecule has 0 spiro atoms. The molecule has 4 nitrogen and oxygen atoms in total. The highest BCUT2D eigenvalue weighted by atomic mass is 35.5. The van der Waals surface area contributed by atoms with E-state index in [1.165, 1.54) is 22.3 Å². The maximum atomic E-state index is 12.6. The van der Waals surface area contributed by atoms with E-state index in [9.17, 15) is 8.42 Å². The van der Waals surface area contributed by atoms with Gasteiger partial charge >= 0.3 is 0 Å². The molecule has 0 aromatic heterocycles. The number of nitrogens with one attached hydrogen (secondary N) is 1. The van der Waals surface area contributed by atoms with Gasteiger partial charge in [-0.15, -0.1) is 0 Å². The first-order valence-corrected chi connectivity index (χ1v) is 12.9. The van der Waals surface area contributed by atoms with Crippen molar-refractivity contribution in [3.63, 3.8) is 0 Å². The highest BCUT2D eigenvalue weighted by molar-refractivity contribution is 7.89. The first-order chi connectivity index (χ1) is 14.5. The molecule has 1 saturated carbocycles. The molecular formula is C24H29ClN2O2S. The summed E-state index contributed by atoms with van der Waals surface area (Å²) in [6, 6.07) is 15.4. The predicted molar refractivity (Wildman–Crippen MR) is 122 cm³/mol. The Morgan fingerprint density at radius 3 is 2.60 bits per heavy atom. The fraction of sp³-hybridized carbons (Fsp3) is 0.500. The van der Waals surface area contributed by atoms with Crippen LogP contribution in [0.4, 0.5) is 0 Å². The number of halogens is 1. The third-order valence-corrected chi connectivity index (χ3v) is 9.93. The summed E-state index contributed by atoms with van der Waals surface area (Å²) >= 11 is 6.21. The smallest absolute Gasteiger partial charge is 0.217 e. The van der Waals surface area contributed by atoms with Crippen LogP contribution in [0, 0.1) is 0 Å². The minimum Gasteiger partial charge on any atom is -0.316 e. The molecule has 0 bridgehead atoms. The number of fused-ring (bicyclic) bond motifs is 1. The maximum Gasteiger partial charge on any atom is 0.217 e. The van der Waals surface area contributed by atoms with Crippen molar-refractivity contribution in [3.8, 4) is 0 Å². The van der Waals surface area contributed by atoms with Gasteiger partial charge in [-0.2, -0.15) is 0 Å². The second-order valence-electron chi connectivity index (χ2n) is 9.11. The van der Waals surface area contributed by atoms with Gasteiger partial charge in [-0.1, -0.05) is 48.4 Å². The largest absolute Gasteiger partial charge is 0.316 e. The van der Waals surface area contributed by atoms with Crippen LogP contribution in [-0.4, -0.2) is 44.2 Å². The van der Waals surface area contributed by atoms with Gasteiger partial charge in [0.2, 0.25) is 10.0 Å². The molecule has 6 heteroatoms. The zero-order valence-corrected chi connectivity index (χ0v) is 18.9. The third-order valence-electron chi connectivity index (χ3n) is 7.36. The molecule has 2 unspecified atom stereocenters. The zero-order chi connectivity index (χ0) is 20.9. The average Bonchev–Trinajstić information content (AvgIpc) is 2.95. The summed E-state index contributed by atoms with van der Waals surface area (Å²) in [5.41, 5.74) is 5.35. The van der Waals surface area contributed by atoms with Crippen LogP contribution in [0.25, 0.3) is 0 Å². The van der Waals surface area contributed by atoms with Gasteiger partial charge in [0, 0.05) is 36.0 Å². The summed E-state index contributed by atoms with van der Waals surface area (Å²) in [4.78, 5) is 0. The minimum atomic E-state index is -3.08. The van der Waals surface area contributed by atoms with Gasteiger partial charge in [0.05, 0.1) is 5.25 Å². The molecule has 2 aliphatic carbocycles. The van der Waals surface area contributed by atoms with Crippen molar-refractivity contribution in [2.75, 3.05) is 20.1 Å². The highest BCUT2D eigenvalue weighted by Crippen LogP contribution is 2.40. The van der Waals surface area contributed by atoms with Crippen LogP contribution in [0.2, 0.25) is 5.02 Å². The van der Waals surface area contributed by atoms with E-state index in [1.807, 2.05) is 19.2 Å². The van der Waals surface area contributed by atoms with Crippen molar-refractivity contribution in [1.29, 1.82) is 0 Å². The molecule has 3 aliphatic rings. The Kier molecular flexibility index (Phi) is 5.42. The summed E-state index contributed by atoms with van der Waals surface area (Å²) < 4.78 is 27.0. The topological polar surface area (TPSA) is 49.4 Å². The number of likely N-dealkylation sites (N-methyl/N-ethyl adjacent to an activating group) is 1. The number of hydrogen-bond acceptors (Lipinski definition) is 3. The minimum absolute atomic E-state index is 0.128. The molecule has 1 heterocycles. The number of rotatable bonds is 6. The predicted octanol–water partition coefficient (Wildman–Crippen LogP) is 4.09. The normalized spacial score (nSPS) is 25.0. The molecule has 1 aliphatic heterocycles. The number of benzene rings is 2. The second-order valence-corrected chi connectivity index (χ2v) is 11.8. The van der Waals surface area contributed by atoms with E-state index in [0.29, 0.717) is 31.0 Å². The van der Waals surface area contributed by atoms with Crippen LogP contribution in [0.5, 0.6) is 0 Å². The van der Waals surface area contributed by atoms with E-state index in [4.69, 9.17) is 11.6 Å². The van der Waals surface area contributed by atoms with Gasteiger partial charge in [-0.05, 0) is 67.1 Å². The number of hydrogen-bond donors (Lipinski definition) is 1. The lowest BCUT2D eigenvalue weighted by Gasteiger charge is -2.42. The molecule has 1 saturated heterocycles. The lowest BCUT2D eigenvalue weighted by Crippen LogP contribution is -2.52. The maximum absolute atomic E-state index is 12.6. The van der Waals surface area contributed by atoms with E-state index in [-0.39, 0.29) is 5.25 Å². The molecule has 160 valence electrons. The zero-order valence-electron chi connectivity index (χ0n) is 17.4. The summed E-state index contributed by atoms with van der Waals surface area (Å²) in [6.07, 6.45) is 4.70. The van der Waals surface area contributed by atoms with Gasteiger partial charge in [0.25, 0.3) is 0 Å². The van der Waals surface area contributed by atoms with Crippen LogP contribution in [0.1, 0.15) is 53.4 Å². The Labute approximate surface area is 184 Å². The lowest BCUT2D eigenvalue weighted by atomic mass is 9.87. The van der Waals surface area contributed by atoms with E-state index in [2.05, 4.69) is 35.6 Å². The molecule has 2 aromatic carbocycles. The van der Waals surface area contributed by atoms with Crippen molar-refractivity contribution in [2.45, 2.75) is 55.2 Å². The van der Waals surface area contributed by atoms with Crippen molar-refractivity contribution in [2.24, 2.45) is 0 Å². The van der Waals surface area contributed by atoms with Gasteiger partial charge in [0.1, 0.15) is 0 Å². The standard InChI is InChI=1S/C24H29ClN2O2S/c1-26-24-13-18-9-8-17(19-14-27(15-19)30(28,29)21-6-3-7-21)12-22(18)23(24)11-16-4-2-5-20(25)10-16/h2,4-5,8-10,12,19,21,23-24,26H,3,6-7,11,13-15H2,1H3. The van der Waals surface area contributed by atoms with Gasteiger partial charge < -0.3 is 5.32 Å². The van der Waals surface area contributed by atoms with Crippen molar-refractivity contribution in [3.05, 3.63) is 69.7 Å². The van der Waals surface area contributed by atoms with Crippen LogP contribution >= 0.6 is 11.6 Å². The monoisotopic (exact) mass is 444 g/mol. The molecule has 0 radical (unpaired) electrons. The lowest BCUT2D eigenvalue weighted by molar-refractivity contribution is 0.255. The Balaban J connectivity index is 1.34. The first-order valence-electron chi connectivity index (χ1n) is 11.0. The summed E-state index contributed by atoms with van der Waals surface area (Å²) in [6.45, 7) is 1.26. The van der Waals surface area contributed by atoms with E-state index < -0.39 is 10.0 Å². The van der Waals surface area contributed by atoms with Crippen LogP contribution in [0.15, 0.2) is 42.5 Å².